The van der Waals surface area contributed by atoms with Crippen LogP contribution >= 0.6 is 0 Å². The van der Waals surface area contributed by atoms with Crippen molar-refractivity contribution in [1.82, 2.24) is 14.6 Å². The van der Waals surface area contributed by atoms with E-state index in [0.29, 0.717) is 23.5 Å². The highest BCUT2D eigenvalue weighted by atomic mass is 16.2. The zero-order valence-corrected chi connectivity index (χ0v) is 14.0. The average Bonchev–Trinajstić information content (AvgIpc) is 3.04. The number of nitrogens with zero attached hydrogens (tertiary/aromatic N) is 6. The summed E-state index contributed by atoms with van der Waals surface area (Å²) in [5, 5.41) is 13.4. The zero-order chi connectivity index (χ0) is 18.1. The van der Waals surface area contributed by atoms with Gasteiger partial charge in [0.2, 0.25) is 0 Å². The van der Waals surface area contributed by atoms with Crippen molar-refractivity contribution >= 4 is 23.0 Å². The Morgan fingerprint density at radius 1 is 1.35 bits per heavy atom. The first kappa shape index (κ1) is 15.7. The molecule has 0 N–H and O–H groups in total. The molecule has 0 bridgehead atoms. The first-order valence-corrected chi connectivity index (χ1v) is 8.12. The quantitative estimate of drug-likeness (QED) is 0.729. The van der Waals surface area contributed by atoms with Crippen LogP contribution in [0.5, 0.6) is 0 Å². The van der Waals surface area contributed by atoms with Gasteiger partial charge in [0.15, 0.2) is 5.65 Å². The van der Waals surface area contributed by atoms with Crippen molar-refractivity contribution in [2.24, 2.45) is 4.99 Å². The summed E-state index contributed by atoms with van der Waals surface area (Å²) in [4.78, 5) is 22.4. The number of nitriles is 1. The van der Waals surface area contributed by atoms with Crippen LogP contribution in [0, 0.1) is 11.3 Å². The maximum Gasteiger partial charge on any atom is 0.276 e. The van der Waals surface area contributed by atoms with Gasteiger partial charge >= 0.3 is 0 Å². The van der Waals surface area contributed by atoms with E-state index < -0.39 is 0 Å². The van der Waals surface area contributed by atoms with Crippen LogP contribution in [0.15, 0.2) is 60.0 Å². The molecular weight excluding hydrogens is 328 g/mol. The van der Waals surface area contributed by atoms with Gasteiger partial charge in [-0.1, -0.05) is 12.1 Å². The largest absolute Gasteiger partial charge is 0.307 e. The minimum absolute atomic E-state index is 0.127. The molecule has 7 heteroatoms. The third kappa shape index (κ3) is 2.45. The van der Waals surface area contributed by atoms with E-state index in [-0.39, 0.29) is 5.91 Å². The van der Waals surface area contributed by atoms with Gasteiger partial charge < -0.3 is 4.90 Å². The SMILES string of the molecule is CCN(C(=O)C1=NC=C1)c1cccc(-c2ccnc3c(C#N)cnn23)c1. The first-order chi connectivity index (χ1) is 12.7. The van der Waals surface area contributed by atoms with Crippen molar-refractivity contribution in [3.63, 3.8) is 0 Å². The lowest BCUT2D eigenvalue weighted by Crippen LogP contribution is -2.36. The molecule has 0 fully saturated rings. The Bertz CT molecular complexity index is 1120. The van der Waals surface area contributed by atoms with Crippen LogP contribution in [-0.4, -0.2) is 32.8 Å². The van der Waals surface area contributed by atoms with Gasteiger partial charge in [0.1, 0.15) is 17.3 Å². The summed E-state index contributed by atoms with van der Waals surface area (Å²) in [5.74, 6) is -0.127. The van der Waals surface area contributed by atoms with E-state index in [9.17, 15) is 10.1 Å². The smallest absolute Gasteiger partial charge is 0.276 e. The van der Waals surface area contributed by atoms with Crippen LogP contribution in [0.4, 0.5) is 5.69 Å². The summed E-state index contributed by atoms with van der Waals surface area (Å²) in [6.45, 7) is 2.45. The summed E-state index contributed by atoms with van der Waals surface area (Å²) in [7, 11) is 0. The Morgan fingerprint density at radius 3 is 2.88 bits per heavy atom. The molecule has 0 aliphatic carbocycles. The van der Waals surface area contributed by atoms with E-state index in [2.05, 4.69) is 21.1 Å². The van der Waals surface area contributed by atoms with Crippen molar-refractivity contribution < 1.29 is 4.79 Å². The van der Waals surface area contributed by atoms with Gasteiger partial charge in [0.25, 0.3) is 5.91 Å². The number of carbonyl (C=O) groups excluding carboxylic acids is 1. The second-order valence-corrected chi connectivity index (χ2v) is 5.67. The zero-order valence-electron chi connectivity index (χ0n) is 14.0. The minimum Gasteiger partial charge on any atom is -0.307 e. The van der Waals surface area contributed by atoms with Gasteiger partial charge in [-0.25, -0.2) is 9.50 Å². The van der Waals surface area contributed by atoms with Crippen molar-refractivity contribution in [2.75, 3.05) is 11.4 Å². The second kappa shape index (κ2) is 6.26. The fraction of sp³-hybridized carbons (Fsp3) is 0.105. The summed E-state index contributed by atoms with van der Waals surface area (Å²) in [5.41, 5.74) is 3.82. The van der Waals surface area contributed by atoms with Crippen LogP contribution in [0.3, 0.4) is 0 Å². The van der Waals surface area contributed by atoms with Crippen molar-refractivity contribution in [2.45, 2.75) is 6.92 Å². The predicted molar refractivity (Wildman–Crippen MR) is 97.7 cm³/mol. The summed E-state index contributed by atoms with van der Waals surface area (Å²) < 4.78 is 1.63. The number of anilines is 1. The number of amides is 1. The van der Waals surface area contributed by atoms with E-state index in [1.54, 1.807) is 27.9 Å². The molecule has 0 spiro atoms. The molecule has 0 radical (unpaired) electrons. The number of fused-ring (bicyclic) bond motifs is 1. The van der Waals surface area contributed by atoms with Crippen LogP contribution in [-0.2, 0) is 4.79 Å². The highest BCUT2D eigenvalue weighted by Crippen LogP contribution is 2.26. The lowest BCUT2D eigenvalue weighted by Gasteiger charge is -2.22. The van der Waals surface area contributed by atoms with Gasteiger partial charge in [-0.05, 0) is 31.2 Å². The highest BCUT2D eigenvalue weighted by molar-refractivity contribution is 6.49. The number of aromatic nitrogens is 3. The van der Waals surface area contributed by atoms with Crippen molar-refractivity contribution in [3.05, 3.63) is 60.6 Å². The van der Waals surface area contributed by atoms with E-state index in [1.165, 1.54) is 6.20 Å². The Morgan fingerprint density at radius 2 is 2.19 bits per heavy atom. The lowest BCUT2D eigenvalue weighted by molar-refractivity contribution is -0.112. The molecule has 0 atom stereocenters. The molecule has 2 aromatic heterocycles. The highest BCUT2D eigenvalue weighted by Gasteiger charge is 2.21. The van der Waals surface area contributed by atoms with E-state index in [1.807, 2.05) is 37.3 Å². The van der Waals surface area contributed by atoms with Gasteiger partial charge in [-0.15, -0.1) is 0 Å². The fourth-order valence-corrected chi connectivity index (χ4v) is 2.88. The third-order valence-corrected chi connectivity index (χ3v) is 4.20. The second-order valence-electron chi connectivity index (χ2n) is 5.67. The van der Waals surface area contributed by atoms with Gasteiger partial charge in [-0.3, -0.25) is 9.79 Å². The van der Waals surface area contributed by atoms with Gasteiger partial charge in [0.05, 0.1) is 11.9 Å². The Kier molecular flexibility index (Phi) is 3.78. The number of rotatable bonds is 4. The third-order valence-electron chi connectivity index (χ3n) is 4.20. The van der Waals surface area contributed by atoms with Gasteiger partial charge in [0, 0.05) is 30.2 Å². The molecule has 1 amide bonds. The van der Waals surface area contributed by atoms with Crippen LogP contribution < -0.4 is 4.90 Å². The number of aliphatic imine (C=N–C) groups is 1. The molecule has 1 aliphatic heterocycles. The van der Waals surface area contributed by atoms with Crippen LogP contribution in [0.2, 0.25) is 0 Å². The molecule has 3 heterocycles. The molecular formula is C19H14N6O. The molecule has 26 heavy (non-hydrogen) atoms. The molecule has 126 valence electrons. The summed E-state index contributed by atoms with van der Waals surface area (Å²) in [6, 6.07) is 11.6. The van der Waals surface area contributed by atoms with E-state index in [0.717, 1.165) is 16.9 Å². The summed E-state index contributed by atoms with van der Waals surface area (Å²) in [6.07, 6.45) is 6.46. The molecule has 0 saturated carbocycles. The van der Waals surface area contributed by atoms with E-state index >= 15 is 0 Å². The molecule has 0 saturated heterocycles. The van der Waals surface area contributed by atoms with Gasteiger partial charge in [-0.2, -0.15) is 10.4 Å². The Balaban J connectivity index is 1.78. The topological polar surface area (TPSA) is 86.6 Å². The number of carbonyl (C=O) groups is 1. The monoisotopic (exact) mass is 342 g/mol. The average molecular weight is 342 g/mol. The predicted octanol–water partition coefficient (Wildman–Crippen LogP) is 2.59. The standard InChI is InChI=1S/C19H14N6O/c1-2-24(19(26)16-6-8-21-16)15-5-3-4-13(10-15)17-7-9-22-18-14(11-20)12-23-25(17)18/h3-10,12H,2H2,1H3. The first-order valence-electron chi connectivity index (χ1n) is 8.12. The van der Waals surface area contributed by atoms with Crippen molar-refractivity contribution in [3.8, 4) is 17.3 Å². The Hall–Kier alpha value is -3.79. The van der Waals surface area contributed by atoms with Crippen LogP contribution in [0.25, 0.3) is 16.9 Å². The molecule has 1 aliphatic rings. The molecule has 4 rings (SSSR count). The number of hydrogen-bond acceptors (Lipinski definition) is 5. The lowest BCUT2D eigenvalue weighted by atomic mass is 10.1. The Labute approximate surface area is 149 Å². The fourth-order valence-electron chi connectivity index (χ4n) is 2.88. The van der Waals surface area contributed by atoms with Crippen molar-refractivity contribution in [1.29, 1.82) is 5.26 Å². The van der Waals surface area contributed by atoms with Crippen LogP contribution in [0.1, 0.15) is 12.5 Å². The molecule has 1 aromatic carbocycles. The number of hydrogen-bond donors (Lipinski definition) is 0. The number of benzene rings is 1. The molecule has 0 unspecified atom stereocenters. The minimum atomic E-state index is -0.127. The normalized spacial score (nSPS) is 12.4. The van der Waals surface area contributed by atoms with E-state index in [4.69, 9.17) is 0 Å². The molecule has 3 aromatic rings. The maximum atomic E-state index is 12.5. The maximum absolute atomic E-state index is 12.5. The summed E-state index contributed by atoms with van der Waals surface area (Å²) >= 11 is 0. The molecule has 7 nitrogen and oxygen atoms in total.